The van der Waals surface area contributed by atoms with E-state index in [2.05, 4.69) is 6.92 Å². The van der Waals surface area contributed by atoms with E-state index in [4.69, 9.17) is 9.72 Å². The number of benzene rings is 1. The Morgan fingerprint density at radius 2 is 1.97 bits per heavy atom. The summed E-state index contributed by atoms with van der Waals surface area (Å²) in [5.41, 5.74) is 1.93. The number of unbranched alkanes of at least 4 members (excludes halogenated alkanes) is 1. The lowest BCUT2D eigenvalue weighted by Crippen LogP contribution is -2.49. The minimum Gasteiger partial charge on any atom is -0.449 e. The molecule has 6 rings (SSSR count). The maximum Gasteiger partial charge on any atom is 0.339 e. The number of rotatable bonds is 4. The van der Waals surface area contributed by atoms with E-state index in [1.807, 2.05) is 28.8 Å². The standard InChI is InChI=1S/C27H26N4O4/c1-2-3-14-30-21(16-19-23(30)28-22-11-6-7-15-31(22)24(19)32)25(33)29-13-8-12-27(17-29)20-10-5-4-9-18(20)26(34)35-27/h4-7,9-11,15-16H,2-3,8,12-14,17H2,1H3. The molecule has 1 saturated heterocycles. The van der Waals surface area contributed by atoms with Crippen molar-refractivity contribution in [3.63, 3.8) is 0 Å². The molecule has 2 aliphatic heterocycles. The van der Waals surface area contributed by atoms with Crippen molar-refractivity contribution in [1.29, 1.82) is 0 Å². The quantitative estimate of drug-likeness (QED) is 0.424. The second-order valence-electron chi connectivity index (χ2n) is 9.38. The highest BCUT2D eigenvalue weighted by Crippen LogP contribution is 2.43. The van der Waals surface area contributed by atoms with E-state index < -0.39 is 5.60 Å². The van der Waals surface area contributed by atoms with Crippen LogP contribution in [0.15, 0.2) is 59.5 Å². The largest absolute Gasteiger partial charge is 0.449 e. The summed E-state index contributed by atoms with van der Waals surface area (Å²) < 4.78 is 9.28. The molecule has 8 heteroatoms. The first-order valence-electron chi connectivity index (χ1n) is 12.2. The smallest absolute Gasteiger partial charge is 0.339 e. The molecule has 0 saturated carbocycles. The Morgan fingerprint density at radius 1 is 1.14 bits per heavy atom. The molecule has 0 bridgehead atoms. The molecular formula is C27H26N4O4. The van der Waals surface area contributed by atoms with Crippen molar-refractivity contribution in [3.8, 4) is 0 Å². The summed E-state index contributed by atoms with van der Waals surface area (Å²) >= 11 is 0. The number of aromatic nitrogens is 3. The predicted octanol–water partition coefficient (Wildman–Crippen LogP) is 3.75. The number of hydrogen-bond acceptors (Lipinski definition) is 5. The van der Waals surface area contributed by atoms with Crippen LogP contribution < -0.4 is 5.56 Å². The molecule has 1 aromatic carbocycles. The third-order valence-electron chi connectivity index (χ3n) is 7.20. The van der Waals surface area contributed by atoms with Crippen molar-refractivity contribution < 1.29 is 14.3 Å². The molecule has 1 amide bonds. The van der Waals surface area contributed by atoms with Crippen LogP contribution >= 0.6 is 0 Å². The molecule has 8 nitrogen and oxygen atoms in total. The fraction of sp³-hybridized carbons (Fsp3) is 0.333. The van der Waals surface area contributed by atoms with Crippen LogP contribution in [0.25, 0.3) is 16.7 Å². The van der Waals surface area contributed by atoms with Crippen molar-refractivity contribution in [2.45, 2.75) is 44.8 Å². The number of fused-ring (bicyclic) bond motifs is 4. The minimum absolute atomic E-state index is 0.174. The minimum atomic E-state index is -0.825. The van der Waals surface area contributed by atoms with Gasteiger partial charge in [-0.25, -0.2) is 9.78 Å². The SMILES string of the molecule is CCCCn1c(C(=O)N2CCCC3(C2)OC(=O)c2ccccc23)cc2c(=O)n3ccccc3nc21. The van der Waals surface area contributed by atoms with Gasteiger partial charge in [-0.3, -0.25) is 14.0 Å². The molecule has 35 heavy (non-hydrogen) atoms. The molecule has 0 aliphatic carbocycles. The summed E-state index contributed by atoms with van der Waals surface area (Å²) in [6.07, 6.45) is 4.88. The van der Waals surface area contributed by atoms with Gasteiger partial charge in [0.1, 0.15) is 17.0 Å². The van der Waals surface area contributed by atoms with Gasteiger partial charge in [0.15, 0.2) is 5.60 Å². The van der Waals surface area contributed by atoms with Gasteiger partial charge in [0.25, 0.3) is 11.5 Å². The molecule has 0 radical (unpaired) electrons. The Kier molecular flexibility index (Phi) is 4.98. The zero-order valence-corrected chi connectivity index (χ0v) is 19.6. The Bertz CT molecular complexity index is 1550. The average molecular weight is 471 g/mol. The van der Waals surface area contributed by atoms with Gasteiger partial charge < -0.3 is 14.2 Å². The van der Waals surface area contributed by atoms with E-state index in [9.17, 15) is 14.4 Å². The van der Waals surface area contributed by atoms with Crippen molar-refractivity contribution in [2.24, 2.45) is 0 Å². The van der Waals surface area contributed by atoms with Gasteiger partial charge in [-0.15, -0.1) is 0 Å². The van der Waals surface area contributed by atoms with E-state index in [-0.39, 0.29) is 24.0 Å². The van der Waals surface area contributed by atoms with Crippen molar-refractivity contribution in [3.05, 3.63) is 81.9 Å². The van der Waals surface area contributed by atoms with Gasteiger partial charge in [-0.2, -0.15) is 0 Å². The van der Waals surface area contributed by atoms with Crippen LogP contribution in [0.4, 0.5) is 0 Å². The Labute approximate surface area is 201 Å². The number of pyridine rings is 1. The number of esters is 1. The summed E-state index contributed by atoms with van der Waals surface area (Å²) in [4.78, 5) is 46.2. The van der Waals surface area contributed by atoms with Crippen LogP contribution in [0.5, 0.6) is 0 Å². The summed E-state index contributed by atoms with van der Waals surface area (Å²) in [6.45, 7) is 3.53. The number of amides is 1. The second kappa shape index (κ2) is 8.08. The number of carbonyl (C=O) groups excluding carboxylic acids is 2. The molecular weight excluding hydrogens is 444 g/mol. The van der Waals surface area contributed by atoms with Crippen LogP contribution in [-0.4, -0.2) is 43.8 Å². The number of hydrogen-bond donors (Lipinski definition) is 0. The molecule has 3 aromatic heterocycles. The van der Waals surface area contributed by atoms with E-state index in [1.54, 1.807) is 35.4 Å². The monoisotopic (exact) mass is 470 g/mol. The molecule has 178 valence electrons. The zero-order chi connectivity index (χ0) is 24.2. The molecule has 0 N–H and O–H groups in total. The number of ether oxygens (including phenoxy) is 1. The topological polar surface area (TPSA) is 85.9 Å². The lowest BCUT2D eigenvalue weighted by Gasteiger charge is -2.39. The first kappa shape index (κ1) is 21.6. The van der Waals surface area contributed by atoms with Crippen LogP contribution in [-0.2, 0) is 16.9 Å². The number of piperidine rings is 1. The molecule has 1 atom stereocenters. The third kappa shape index (κ3) is 3.27. The molecule has 5 heterocycles. The third-order valence-corrected chi connectivity index (χ3v) is 7.20. The Hall–Kier alpha value is -3.94. The van der Waals surface area contributed by atoms with Gasteiger partial charge in [0, 0.05) is 24.8 Å². The average Bonchev–Trinajstić information content (AvgIpc) is 3.38. The second-order valence-corrected chi connectivity index (χ2v) is 9.38. The first-order chi connectivity index (χ1) is 17.0. The normalized spacial score (nSPS) is 19.5. The summed E-state index contributed by atoms with van der Waals surface area (Å²) in [5, 5.41) is 0.428. The van der Waals surface area contributed by atoms with E-state index in [0.29, 0.717) is 53.9 Å². The number of nitrogens with zero attached hydrogens (tertiary/aromatic N) is 4. The van der Waals surface area contributed by atoms with Crippen LogP contribution in [0.1, 0.15) is 59.0 Å². The molecule has 2 aliphatic rings. The number of likely N-dealkylation sites (tertiary alicyclic amines) is 1. The molecule has 1 fully saturated rings. The first-order valence-corrected chi connectivity index (χ1v) is 12.2. The van der Waals surface area contributed by atoms with Crippen molar-refractivity contribution in [1.82, 2.24) is 18.9 Å². The van der Waals surface area contributed by atoms with Gasteiger partial charge in [0.05, 0.1) is 17.5 Å². The zero-order valence-electron chi connectivity index (χ0n) is 19.6. The summed E-state index contributed by atoms with van der Waals surface area (Å²) in [6, 6.07) is 14.5. The van der Waals surface area contributed by atoms with E-state index >= 15 is 0 Å². The maximum atomic E-state index is 13.9. The van der Waals surface area contributed by atoms with Crippen LogP contribution in [0, 0.1) is 0 Å². The van der Waals surface area contributed by atoms with E-state index in [1.165, 1.54) is 4.40 Å². The molecule has 4 aromatic rings. The van der Waals surface area contributed by atoms with Gasteiger partial charge in [-0.05, 0) is 43.5 Å². The number of aryl methyl sites for hydroxylation is 1. The lowest BCUT2D eigenvalue weighted by molar-refractivity contribution is -0.0444. The van der Waals surface area contributed by atoms with Gasteiger partial charge in [-0.1, -0.05) is 37.6 Å². The van der Waals surface area contributed by atoms with Crippen LogP contribution in [0.2, 0.25) is 0 Å². The summed E-state index contributed by atoms with van der Waals surface area (Å²) in [7, 11) is 0. The highest BCUT2D eigenvalue weighted by atomic mass is 16.6. The maximum absolute atomic E-state index is 13.9. The lowest BCUT2D eigenvalue weighted by atomic mass is 9.85. The fourth-order valence-electron chi connectivity index (χ4n) is 5.48. The Morgan fingerprint density at radius 3 is 2.83 bits per heavy atom. The van der Waals surface area contributed by atoms with Crippen LogP contribution in [0.3, 0.4) is 0 Å². The van der Waals surface area contributed by atoms with Gasteiger partial charge in [0.2, 0.25) is 0 Å². The fourth-order valence-corrected chi connectivity index (χ4v) is 5.48. The summed E-state index contributed by atoms with van der Waals surface area (Å²) in [5.74, 6) is -0.511. The van der Waals surface area contributed by atoms with Crippen molar-refractivity contribution >= 4 is 28.6 Å². The molecule has 1 unspecified atom stereocenters. The Balaban J connectivity index is 1.43. The molecule has 1 spiro atoms. The van der Waals surface area contributed by atoms with Gasteiger partial charge >= 0.3 is 5.97 Å². The van der Waals surface area contributed by atoms with E-state index in [0.717, 1.165) is 18.4 Å². The van der Waals surface area contributed by atoms with Crippen molar-refractivity contribution in [2.75, 3.05) is 13.1 Å². The predicted molar refractivity (Wildman–Crippen MR) is 131 cm³/mol. The highest BCUT2D eigenvalue weighted by Gasteiger charge is 2.49. The highest BCUT2D eigenvalue weighted by molar-refractivity contribution is 5.99. The number of carbonyl (C=O) groups is 2.